The zero-order chi connectivity index (χ0) is 15.0. The van der Waals surface area contributed by atoms with Gasteiger partial charge in [0, 0.05) is 11.5 Å². The first-order chi connectivity index (χ1) is 9.31. The lowest BCUT2D eigenvalue weighted by atomic mass is 10.1. The minimum atomic E-state index is -0.472. The van der Waals surface area contributed by atoms with Gasteiger partial charge in [-0.3, -0.25) is 14.9 Å². The lowest BCUT2D eigenvalue weighted by molar-refractivity contribution is -0.132. The molecule has 2 amide bonds. The van der Waals surface area contributed by atoms with Crippen LogP contribution in [0.15, 0.2) is 0 Å². The van der Waals surface area contributed by atoms with Crippen molar-refractivity contribution >= 4 is 23.5 Å². The number of rotatable bonds is 2. The highest BCUT2D eigenvalue weighted by atomic mass is 16.2. The molecule has 7 nitrogen and oxygen atoms in total. The van der Waals surface area contributed by atoms with Crippen LogP contribution in [0.25, 0.3) is 0 Å². The zero-order valence-corrected chi connectivity index (χ0v) is 12.1. The average Bonchev–Trinajstić information content (AvgIpc) is 2.37. The average molecular weight is 277 g/mol. The van der Waals surface area contributed by atoms with Gasteiger partial charge in [-0.2, -0.15) is 0 Å². The molecule has 20 heavy (non-hydrogen) atoms. The first-order valence-electron chi connectivity index (χ1n) is 6.55. The largest absolute Gasteiger partial charge is 0.383 e. The monoisotopic (exact) mass is 277 g/mol. The second kappa shape index (κ2) is 5.07. The molecule has 1 aromatic rings. The number of piperazine rings is 1. The van der Waals surface area contributed by atoms with Crippen molar-refractivity contribution in [3.63, 3.8) is 0 Å². The maximum Gasteiger partial charge on any atom is 0.249 e. The number of anilines is 2. The molecular formula is C13H19N5O2. The highest BCUT2D eigenvalue weighted by molar-refractivity contribution is 6.04. The van der Waals surface area contributed by atoms with E-state index in [1.54, 1.807) is 18.7 Å². The molecule has 2 heterocycles. The highest BCUT2D eigenvalue weighted by Gasteiger charge is 2.32. The number of nitrogens with two attached hydrogens (primary N) is 1. The number of carbonyl (C=O) groups is 2. The van der Waals surface area contributed by atoms with Crippen LogP contribution in [0, 0.1) is 6.92 Å². The molecule has 1 aromatic heterocycles. The van der Waals surface area contributed by atoms with Gasteiger partial charge in [0.15, 0.2) is 0 Å². The third-order valence-electron chi connectivity index (χ3n) is 3.39. The van der Waals surface area contributed by atoms with Crippen LogP contribution in [0.3, 0.4) is 0 Å². The van der Waals surface area contributed by atoms with Crippen LogP contribution in [0.5, 0.6) is 0 Å². The number of carbonyl (C=O) groups excluding carboxylic acids is 2. The summed E-state index contributed by atoms with van der Waals surface area (Å²) in [6.07, 6.45) is 0. The predicted octanol–water partition coefficient (Wildman–Crippen LogP) is 0.342. The number of nitrogens with one attached hydrogen (secondary N) is 1. The molecule has 2 rings (SSSR count). The molecule has 1 fully saturated rings. The zero-order valence-electron chi connectivity index (χ0n) is 12.1. The lowest BCUT2D eigenvalue weighted by Gasteiger charge is -2.33. The van der Waals surface area contributed by atoms with Crippen molar-refractivity contribution in [2.45, 2.75) is 39.7 Å². The van der Waals surface area contributed by atoms with Crippen molar-refractivity contribution in [1.29, 1.82) is 0 Å². The van der Waals surface area contributed by atoms with Crippen LogP contribution >= 0.6 is 0 Å². The molecule has 0 aliphatic carbocycles. The van der Waals surface area contributed by atoms with E-state index < -0.39 is 6.04 Å². The minimum Gasteiger partial charge on any atom is -0.383 e. The minimum absolute atomic E-state index is 0.0851. The summed E-state index contributed by atoms with van der Waals surface area (Å²) in [4.78, 5) is 33.7. The van der Waals surface area contributed by atoms with E-state index in [1.165, 1.54) is 0 Å². The summed E-state index contributed by atoms with van der Waals surface area (Å²) in [5, 5.41) is 2.31. The number of nitrogen functional groups attached to an aromatic ring is 1. The van der Waals surface area contributed by atoms with Crippen LogP contribution in [-0.2, 0) is 9.59 Å². The molecule has 108 valence electrons. The van der Waals surface area contributed by atoms with Crippen molar-refractivity contribution in [3.8, 4) is 0 Å². The van der Waals surface area contributed by atoms with Crippen LogP contribution < -0.4 is 16.0 Å². The van der Waals surface area contributed by atoms with Crippen molar-refractivity contribution in [1.82, 2.24) is 15.3 Å². The maximum absolute atomic E-state index is 11.8. The van der Waals surface area contributed by atoms with E-state index in [-0.39, 0.29) is 24.3 Å². The van der Waals surface area contributed by atoms with Crippen molar-refractivity contribution in [2.24, 2.45) is 0 Å². The third kappa shape index (κ3) is 2.43. The SMILES string of the molecule is Cc1c(N)nc(C(C)C)nc1N1CC(=O)NC(=O)C1C. The van der Waals surface area contributed by atoms with Gasteiger partial charge in [0.1, 0.15) is 23.5 Å². The van der Waals surface area contributed by atoms with Crippen LogP contribution in [0.1, 0.15) is 38.1 Å². The topological polar surface area (TPSA) is 101 Å². The summed E-state index contributed by atoms with van der Waals surface area (Å²) in [6, 6.07) is -0.472. The summed E-state index contributed by atoms with van der Waals surface area (Å²) < 4.78 is 0. The summed E-state index contributed by atoms with van der Waals surface area (Å²) in [5.41, 5.74) is 6.60. The Morgan fingerprint density at radius 2 is 2.00 bits per heavy atom. The van der Waals surface area contributed by atoms with Gasteiger partial charge >= 0.3 is 0 Å². The first kappa shape index (κ1) is 14.2. The normalized spacial score (nSPS) is 19.4. The summed E-state index contributed by atoms with van der Waals surface area (Å²) in [6.45, 7) is 7.53. The summed E-state index contributed by atoms with van der Waals surface area (Å²) >= 11 is 0. The molecule has 0 bridgehead atoms. The molecule has 0 radical (unpaired) electrons. The van der Waals surface area contributed by atoms with Gasteiger partial charge in [0.25, 0.3) is 0 Å². The molecule has 1 aliphatic heterocycles. The Bertz CT molecular complexity index is 570. The fourth-order valence-electron chi connectivity index (χ4n) is 2.05. The van der Waals surface area contributed by atoms with Crippen LogP contribution in [0.2, 0.25) is 0 Å². The third-order valence-corrected chi connectivity index (χ3v) is 3.39. The van der Waals surface area contributed by atoms with E-state index in [2.05, 4.69) is 15.3 Å². The molecule has 0 aromatic carbocycles. The number of nitrogens with zero attached hydrogens (tertiary/aromatic N) is 3. The molecule has 7 heteroatoms. The van der Waals surface area contributed by atoms with Gasteiger partial charge in [0.2, 0.25) is 11.8 Å². The van der Waals surface area contributed by atoms with Gasteiger partial charge in [0.05, 0.1) is 6.54 Å². The highest BCUT2D eigenvalue weighted by Crippen LogP contribution is 2.26. The van der Waals surface area contributed by atoms with Gasteiger partial charge in [-0.05, 0) is 13.8 Å². The second-order valence-corrected chi connectivity index (χ2v) is 5.29. The van der Waals surface area contributed by atoms with Gasteiger partial charge in [-0.25, -0.2) is 9.97 Å². The van der Waals surface area contributed by atoms with Crippen molar-refractivity contribution in [3.05, 3.63) is 11.4 Å². The van der Waals surface area contributed by atoms with Gasteiger partial charge in [-0.15, -0.1) is 0 Å². The maximum atomic E-state index is 11.8. The predicted molar refractivity (Wildman–Crippen MR) is 75.2 cm³/mol. The van der Waals surface area contributed by atoms with E-state index in [0.717, 1.165) is 0 Å². The molecule has 1 aliphatic rings. The van der Waals surface area contributed by atoms with E-state index in [1.807, 2.05) is 13.8 Å². The molecular weight excluding hydrogens is 258 g/mol. The number of aromatic nitrogens is 2. The van der Waals surface area contributed by atoms with Crippen LogP contribution in [-0.4, -0.2) is 34.4 Å². The van der Waals surface area contributed by atoms with Crippen molar-refractivity contribution in [2.75, 3.05) is 17.2 Å². The number of imide groups is 1. The van der Waals surface area contributed by atoms with E-state index in [4.69, 9.17) is 5.73 Å². The quantitative estimate of drug-likeness (QED) is 0.756. The Morgan fingerprint density at radius 1 is 1.35 bits per heavy atom. The van der Waals surface area contributed by atoms with Gasteiger partial charge in [-0.1, -0.05) is 13.8 Å². The Kier molecular flexibility index (Phi) is 3.61. The summed E-state index contributed by atoms with van der Waals surface area (Å²) in [7, 11) is 0. The Labute approximate surface area is 117 Å². The molecule has 3 N–H and O–H groups in total. The number of amides is 2. The molecule has 0 spiro atoms. The van der Waals surface area contributed by atoms with E-state index in [0.29, 0.717) is 23.0 Å². The van der Waals surface area contributed by atoms with Crippen molar-refractivity contribution < 1.29 is 9.59 Å². The standard InChI is InChI=1S/C13H19N5O2/c1-6(2)11-16-10(14)7(3)12(17-11)18-5-9(19)15-13(20)8(18)4/h6,8H,5H2,1-4H3,(H2,14,16,17)(H,15,19,20). The van der Waals surface area contributed by atoms with E-state index in [9.17, 15) is 9.59 Å². The number of hydrogen-bond acceptors (Lipinski definition) is 6. The fraction of sp³-hybridized carbons (Fsp3) is 0.538. The Hall–Kier alpha value is -2.18. The molecule has 1 unspecified atom stereocenters. The van der Waals surface area contributed by atoms with Gasteiger partial charge < -0.3 is 10.6 Å². The summed E-state index contributed by atoms with van der Waals surface area (Å²) in [5.74, 6) is 0.982. The second-order valence-electron chi connectivity index (χ2n) is 5.29. The molecule has 0 saturated carbocycles. The van der Waals surface area contributed by atoms with E-state index >= 15 is 0 Å². The fourth-order valence-corrected chi connectivity index (χ4v) is 2.05. The Morgan fingerprint density at radius 3 is 2.60 bits per heavy atom. The molecule has 1 atom stereocenters. The lowest BCUT2D eigenvalue weighted by Crippen LogP contribution is -2.57. The smallest absolute Gasteiger partial charge is 0.249 e. The van der Waals surface area contributed by atoms with Crippen LogP contribution in [0.4, 0.5) is 11.6 Å². The number of hydrogen-bond donors (Lipinski definition) is 2. The Balaban J connectivity index is 2.50. The molecule has 1 saturated heterocycles. The first-order valence-corrected chi connectivity index (χ1v) is 6.55.